The summed E-state index contributed by atoms with van der Waals surface area (Å²) in [5.41, 5.74) is 5.54. The van der Waals surface area contributed by atoms with Crippen LogP contribution in [0.4, 0.5) is 11.4 Å². The molecule has 2 aromatic rings. The summed E-state index contributed by atoms with van der Waals surface area (Å²) in [6.45, 7) is 28.6. The lowest BCUT2D eigenvalue weighted by Crippen LogP contribution is -2.54. The molecule has 0 aliphatic carbocycles. The summed E-state index contributed by atoms with van der Waals surface area (Å²) >= 11 is 0. The summed E-state index contributed by atoms with van der Waals surface area (Å²) < 4.78 is 0. The summed E-state index contributed by atoms with van der Waals surface area (Å²) in [6, 6.07) is 17.9. The second kappa shape index (κ2) is 8.52. The zero-order valence-corrected chi connectivity index (χ0v) is 22.2. The largest absolute Gasteiger partial charge is 0.349 e. The van der Waals surface area contributed by atoms with Gasteiger partial charge in [0.25, 0.3) is 0 Å². The van der Waals surface area contributed by atoms with Gasteiger partial charge in [-0.15, -0.1) is 0 Å². The molecule has 0 aliphatic heterocycles. The van der Waals surface area contributed by atoms with Crippen LogP contribution in [0.3, 0.4) is 0 Å². The Kier molecular flexibility index (Phi) is 6.96. The van der Waals surface area contributed by atoms with Crippen LogP contribution in [0.2, 0.25) is 0 Å². The molecule has 0 saturated carbocycles. The Labute approximate surface area is 192 Å². The minimum Gasteiger partial charge on any atom is -0.349 e. The Morgan fingerprint density at radius 2 is 0.774 bits per heavy atom. The van der Waals surface area contributed by atoms with Crippen LogP contribution < -0.4 is 9.80 Å². The van der Waals surface area contributed by atoms with Crippen LogP contribution in [-0.2, 0) is 10.8 Å². The standard InChI is InChI=1S/C29H46N2/c1-26(2,3)22-17-13-15-19-24(22)30(28(7,8)9)21-31(29(10,11)12)25-20-16-14-18-23(25)27(4,5)6/h13-20H,21H2,1-12H3. The maximum atomic E-state index is 2.58. The summed E-state index contributed by atoms with van der Waals surface area (Å²) in [5, 5.41) is 0. The number of benzene rings is 2. The molecule has 0 N–H and O–H groups in total. The van der Waals surface area contributed by atoms with Gasteiger partial charge in [-0.05, 0) is 75.6 Å². The van der Waals surface area contributed by atoms with E-state index < -0.39 is 0 Å². The van der Waals surface area contributed by atoms with Crippen LogP contribution in [0.1, 0.15) is 94.2 Å². The lowest BCUT2D eigenvalue weighted by atomic mass is 9.84. The molecule has 0 bridgehead atoms. The predicted octanol–water partition coefficient (Wildman–Crippen LogP) is 8.15. The fourth-order valence-corrected chi connectivity index (χ4v) is 4.13. The van der Waals surface area contributed by atoms with Gasteiger partial charge in [0.05, 0.1) is 6.67 Å². The zero-order valence-electron chi connectivity index (χ0n) is 22.2. The first-order chi connectivity index (χ1) is 13.9. The molecule has 0 aromatic heterocycles. The molecule has 2 rings (SSSR count). The highest BCUT2D eigenvalue weighted by Gasteiger charge is 2.33. The van der Waals surface area contributed by atoms with Crippen molar-refractivity contribution in [1.29, 1.82) is 0 Å². The molecule has 0 fully saturated rings. The van der Waals surface area contributed by atoms with Gasteiger partial charge in [0.1, 0.15) is 0 Å². The van der Waals surface area contributed by atoms with Crippen molar-refractivity contribution in [2.45, 2.75) is 105 Å². The van der Waals surface area contributed by atoms with E-state index in [2.05, 4.69) is 141 Å². The van der Waals surface area contributed by atoms with Crippen molar-refractivity contribution < 1.29 is 0 Å². The lowest BCUT2D eigenvalue weighted by molar-refractivity contribution is 0.435. The van der Waals surface area contributed by atoms with Gasteiger partial charge >= 0.3 is 0 Å². The van der Waals surface area contributed by atoms with Gasteiger partial charge in [0.15, 0.2) is 0 Å². The first-order valence-electron chi connectivity index (χ1n) is 11.7. The van der Waals surface area contributed by atoms with Gasteiger partial charge in [-0.1, -0.05) is 77.9 Å². The number of nitrogens with zero attached hydrogens (tertiary/aromatic N) is 2. The zero-order chi connectivity index (χ0) is 23.8. The van der Waals surface area contributed by atoms with Crippen molar-refractivity contribution in [3.63, 3.8) is 0 Å². The van der Waals surface area contributed by atoms with Crippen LogP contribution in [-0.4, -0.2) is 17.7 Å². The SMILES string of the molecule is CC(C)(C)c1ccccc1N(CN(c1ccccc1C(C)(C)C)C(C)(C)C)C(C)(C)C. The summed E-state index contributed by atoms with van der Waals surface area (Å²) in [4.78, 5) is 5.16. The Morgan fingerprint density at radius 1 is 0.484 bits per heavy atom. The number of rotatable bonds is 4. The van der Waals surface area contributed by atoms with Crippen LogP contribution in [0.5, 0.6) is 0 Å². The molecular weight excluding hydrogens is 376 g/mol. The van der Waals surface area contributed by atoms with E-state index in [-0.39, 0.29) is 21.9 Å². The van der Waals surface area contributed by atoms with Crippen molar-refractivity contribution in [2.75, 3.05) is 16.5 Å². The number of hydrogen-bond acceptors (Lipinski definition) is 2. The molecule has 0 amide bonds. The Balaban J connectivity index is 2.69. The minimum atomic E-state index is -0.0263. The van der Waals surface area contributed by atoms with E-state index in [0.29, 0.717) is 0 Å². The summed E-state index contributed by atoms with van der Waals surface area (Å²) in [7, 11) is 0. The molecule has 2 aromatic carbocycles. The molecule has 0 saturated heterocycles. The van der Waals surface area contributed by atoms with Crippen molar-refractivity contribution in [3.8, 4) is 0 Å². The molecule has 0 aliphatic rings. The smallest absolute Gasteiger partial charge is 0.0913 e. The maximum absolute atomic E-state index is 2.58. The van der Waals surface area contributed by atoms with E-state index in [4.69, 9.17) is 0 Å². The lowest BCUT2D eigenvalue weighted by Gasteiger charge is -2.48. The van der Waals surface area contributed by atoms with Crippen LogP contribution in [0.15, 0.2) is 48.5 Å². The molecule has 0 radical (unpaired) electrons. The molecule has 2 nitrogen and oxygen atoms in total. The summed E-state index contributed by atoms with van der Waals surface area (Å²) in [5.74, 6) is 0. The molecule has 0 unspecified atom stereocenters. The van der Waals surface area contributed by atoms with E-state index in [9.17, 15) is 0 Å². The third-order valence-electron chi connectivity index (χ3n) is 5.91. The monoisotopic (exact) mass is 422 g/mol. The highest BCUT2D eigenvalue weighted by molar-refractivity contribution is 5.62. The fourth-order valence-electron chi connectivity index (χ4n) is 4.13. The van der Waals surface area contributed by atoms with Crippen LogP contribution >= 0.6 is 0 Å². The van der Waals surface area contributed by atoms with Crippen molar-refractivity contribution in [3.05, 3.63) is 59.7 Å². The molecule has 2 heteroatoms. The second-order valence-corrected chi connectivity index (χ2v) is 12.9. The highest BCUT2D eigenvalue weighted by Crippen LogP contribution is 2.39. The van der Waals surface area contributed by atoms with Gasteiger partial charge in [-0.25, -0.2) is 0 Å². The molecule has 0 heterocycles. The highest BCUT2D eigenvalue weighted by atomic mass is 15.4. The van der Waals surface area contributed by atoms with E-state index in [1.165, 1.54) is 22.5 Å². The quantitative estimate of drug-likeness (QED) is 0.459. The molecule has 31 heavy (non-hydrogen) atoms. The number of hydrogen-bond donors (Lipinski definition) is 0. The molecule has 0 spiro atoms. The average molecular weight is 423 g/mol. The van der Waals surface area contributed by atoms with Crippen molar-refractivity contribution in [2.24, 2.45) is 0 Å². The molecular formula is C29H46N2. The summed E-state index contributed by atoms with van der Waals surface area (Å²) in [6.07, 6.45) is 0. The molecule has 172 valence electrons. The minimum absolute atomic E-state index is 0.0263. The van der Waals surface area contributed by atoms with Crippen LogP contribution in [0.25, 0.3) is 0 Å². The normalized spacial score (nSPS) is 13.3. The Hall–Kier alpha value is -1.96. The van der Waals surface area contributed by atoms with Crippen LogP contribution in [0, 0.1) is 0 Å². The third kappa shape index (κ3) is 6.05. The van der Waals surface area contributed by atoms with Crippen molar-refractivity contribution >= 4 is 11.4 Å². The predicted molar refractivity (Wildman–Crippen MR) is 140 cm³/mol. The Bertz CT molecular complexity index is 794. The van der Waals surface area contributed by atoms with Gasteiger partial charge in [0, 0.05) is 22.5 Å². The topological polar surface area (TPSA) is 6.48 Å². The van der Waals surface area contributed by atoms with Gasteiger partial charge in [0.2, 0.25) is 0 Å². The number of para-hydroxylation sites is 2. The van der Waals surface area contributed by atoms with E-state index >= 15 is 0 Å². The first-order valence-corrected chi connectivity index (χ1v) is 11.7. The van der Waals surface area contributed by atoms with Gasteiger partial charge in [-0.3, -0.25) is 0 Å². The van der Waals surface area contributed by atoms with Gasteiger partial charge in [-0.2, -0.15) is 0 Å². The average Bonchev–Trinajstić information content (AvgIpc) is 2.59. The fraction of sp³-hybridized carbons (Fsp3) is 0.586. The third-order valence-corrected chi connectivity index (χ3v) is 5.91. The van der Waals surface area contributed by atoms with E-state index in [1.807, 2.05) is 0 Å². The Morgan fingerprint density at radius 3 is 1.03 bits per heavy atom. The first kappa shape index (κ1) is 25.3. The van der Waals surface area contributed by atoms with Crippen molar-refractivity contribution in [1.82, 2.24) is 0 Å². The van der Waals surface area contributed by atoms with E-state index in [0.717, 1.165) is 6.67 Å². The number of anilines is 2. The second-order valence-electron chi connectivity index (χ2n) is 12.9. The maximum Gasteiger partial charge on any atom is 0.0913 e. The molecule has 0 atom stereocenters. The van der Waals surface area contributed by atoms with Gasteiger partial charge < -0.3 is 9.80 Å². The van der Waals surface area contributed by atoms with E-state index in [1.54, 1.807) is 0 Å².